The molecule has 54 heavy (non-hydrogen) atoms. The second-order valence-corrected chi connectivity index (χ2v) is 14.8. The van der Waals surface area contributed by atoms with Crippen LogP contribution in [0.1, 0.15) is 11.1 Å². The number of anilines is 2. The van der Waals surface area contributed by atoms with E-state index in [0.717, 1.165) is 105 Å². The maximum Gasteiger partial charge on any atom is 0.205 e. The number of ether oxygens (including phenoxy) is 1. The lowest BCUT2D eigenvalue weighted by Crippen LogP contribution is -2.47. The van der Waals surface area contributed by atoms with Gasteiger partial charge in [-0.2, -0.15) is 18.7 Å². The van der Waals surface area contributed by atoms with Crippen LogP contribution in [0.15, 0.2) is 103 Å². The Morgan fingerprint density at radius 2 is 1.02 bits per heavy atom. The highest BCUT2D eigenvalue weighted by Gasteiger charge is 2.22. The van der Waals surface area contributed by atoms with E-state index in [1.54, 1.807) is 19.2 Å². The minimum Gasteiger partial charge on any atom is -0.497 e. The fourth-order valence-electron chi connectivity index (χ4n) is 6.51. The Morgan fingerprint density at radius 3 is 1.46 bits per heavy atom. The number of hydrogen-bond donors (Lipinski definition) is 0. The Bertz CT molecular complexity index is 2050. The van der Waals surface area contributed by atoms with Gasteiger partial charge in [0.05, 0.1) is 7.11 Å². The van der Waals surface area contributed by atoms with Crippen LogP contribution in [0.2, 0.25) is 0 Å². The molecule has 9 nitrogen and oxygen atoms in total. The predicted octanol–water partition coefficient (Wildman–Crippen LogP) is 7.43. The molecule has 2 fully saturated rings. The third-order valence-electron chi connectivity index (χ3n) is 9.72. The van der Waals surface area contributed by atoms with Crippen LogP contribution in [-0.2, 0) is 12.8 Å². The smallest absolute Gasteiger partial charge is 0.205 e. The van der Waals surface area contributed by atoms with Crippen molar-refractivity contribution in [2.45, 2.75) is 12.8 Å². The first-order valence-electron chi connectivity index (χ1n) is 18.3. The van der Waals surface area contributed by atoms with E-state index in [9.17, 15) is 8.78 Å². The number of halogens is 2. The van der Waals surface area contributed by atoms with Gasteiger partial charge in [-0.3, -0.25) is 9.80 Å². The van der Waals surface area contributed by atoms with E-state index in [1.807, 2.05) is 24.3 Å². The monoisotopic (exact) mass is 766 g/mol. The first-order chi connectivity index (χ1) is 26.5. The average molecular weight is 767 g/mol. The quantitative estimate of drug-likeness (QED) is 0.134. The van der Waals surface area contributed by atoms with Crippen molar-refractivity contribution in [1.29, 1.82) is 0 Å². The van der Waals surface area contributed by atoms with Crippen LogP contribution >= 0.6 is 23.1 Å². The third-order valence-corrected chi connectivity index (χ3v) is 11.3. The molecule has 2 aromatic heterocycles. The van der Waals surface area contributed by atoms with Gasteiger partial charge >= 0.3 is 0 Å². The molecule has 0 saturated carbocycles. The fraction of sp³-hybridized carbons (Fsp3) is 0.317. The van der Waals surface area contributed by atoms with Gasteiger partial charge in [0.25, 0.3) is 0 Å². The maximum absolute atomic E-state index is 13.4. The van der Waals surface area contributed by atoms with Gasteiger partial charge in [-0.15, -0.1) is 0 Å². The highest BCUT2D eigenvalue weighted by Crippen LogP contribution is 2.27. The summed E-state index contributed by atoms with van der Waals surface area (Å²) in [5, 5.41) is 1.83. The molecule has 13 heteroatoms. The summed E-state index contributed by atoms with van der Waals surface area (Å²) in [5.41, 5.74) is 4.17. The predicted molar refractivity (Wildman–Crippen MR) is 215 cm³/mol. The van der Waals surface area contributed by atoms with Crippen molar-refractivity contribution < 1.29 is 13.5 Å². The van der Waals surface area contributed by atoms with Gasteiger partial charge in [-0.05, 0) is 60.4 Å². The lowest BCUT2D eigenvalue weighted by Gasteiger charge is -2.34. The number of methoxy groups -OCH3 is 1. The standard InChI is InChI=1S/C21H23FN4OS.C20H21FN4S/c1-27-19-7-5-16(6-8-19)9-10-25-11-13-26(14-12-25)21-23-20(24-28-21)17-3-2-4-18(22)15-17;21-18-8-4-7-17(15-18)19-22-20(26-23-19)25-13-11-24(12-14-25)10-9-16-5-2-1-3-6-16/h2-8,15H,9-14H2,1H3;1-8,15H,9-14H2. The highest BCUT2D eigenvalue weighted by atomic mass is 32.1. The van der Waals surface area contributed by atoms with Crippen LogP contribution in [0, 0.1) is 11.6 Å². The zero-order valence-corrected chi connectivity index (χ0v) is 32.0. The molecule has 6 aromatic rings. The molecule has 0 spiro atoms. The second-order valence-electron chi connectivity index (χ2n) is 13.3. The van der Waals surface area contributed by atoms with Crippen LogP contribution in [0.25, 0.3) is 22.8 Å². The molecule has 0 radical (unpaired) electrons. The summed E-state index contributed by atoms with van der Waals surface area (Å²) in [6.07, 6.45) is 2.12. The molecule has 0 bridgehead atoms. The summed E-state index contributed by atoms with van der Waals surface area (Å²) in [6.45, 7) is 9.97. The van der Waals surface area contributed by atoms with Gasteiger partial charge in [0.1, 0.15) is 17.4 Å². The van der Waals surface area contributed by atoms with Crippen molar-refractivity contribution in [3.63, 3.8) is 0 Å². The number of piperazine rings is 2. The van der Waals surface area contributed by atoms with Crippen LogP contribution in [-0.4, -0.2) is 101 Å². The van der Waals surface area contributed by atoms with Crippen molar-refractivity contribution >= 4 is 33.3 Å². The van der Waals surface area contributed by atoms with Gasteiger partial charge in [0.2, 0.25) is 10.3 Å². The largest absolute Gasteiger partial charge is 0.497 e. The average Bonchev–Trinajstić information content (AvgIpc) is 3.93. The molecule has 2 aliphatic rings. The van der Waals surface area contributed by atoms with Crippen LogP contribution in [0.4, 0.5) is 19.0 Å². The third kappa shape index (κ3) is 10.2. The van der Waals surface area contributed by atoms with E-state index >= 15 is 0 Å². The van der Waals surface area contributed by atoms with Crippen molar-refractivity contribution in [2.24, 2.45) is 0 Å². The fourth-order valence-corrected chi connectivity index (χ4v) is 7.99. The summed E-state index contributed by atoms with van der Waals surface area (Å²) in [7, 11) is 1.69. The Hall–Kier alpha value is -4.82. The van der Waals surface area contributed by atoms with Gasteiger partial charge in [-0.25, -0.2) is 8.78 Å². The van der Waals surface area contributed by atoms with Crippen molar-refractivity contribution in [2.75, 3.05) is 82.4 Å². The molecule has 2 saturated heterocycles. The van der Waals surface area contributed by atoms with Gasteiger partial charge in [0, 0.05) is 99.6 Å². The Balaban J connectivity index is 0.000000167. The Kier molecular flexibility index (Phi) is 12.8. The Labute approximate surface area is 323 Å². The second kappa shape index (κ2) is 18.5. The number of aromatic nitrogens is 4. The summed E-state index contributed by atoms with van der Waals surface area (Å²) in [6, 6.07) is 31.8. The number of hydrogen-bond acceptors (Lipinski definition) is 11. The minimum absolute atomic E-state index is 0.258. The molecule has 4 heterocycles. The summed E-state index contributed by atoms with van der Waals surface area (Å²) >= 11 is 2.78. The molecule has 280 valence electrons. The summed E-state index contributed by atoms with van der Waals surface area (Å²) < 4.78 is 40.8. The summed E-state index contributed by atoms with van der Waals surface area (Å²) in [4.78, 5) is 18.8. The van der Waals surface area contributed by atoms with E-state index in [2.05, 4.69) is 80.8 Å². The zero-order chi connectivity index (χ0) is 37.1. The topological polar surface area (TPSA) is 73.8 Å². The first kappa shape index (κ1) is 37.5. The molecule has 0 unspecified atom stereocenters. The van der Waals surface area contributed by atoms with E-state index in [4.69, 9.17) is 4.74 Å². The SMILES string of the molecule is COc1ccc(CCN2CCN(c3nc(-c4cccc(F)c4)ns3)CC2)cc1.Fc1cccc(-c2nsc(N3CCN(CCc4ccccc4)CC3)n2)c1. The number of rotatable bonds is 11. The number of benzene rings is 4. The zero-order valence-electron chi connectivity index (χ0n) is 30.4. The van der Waals surface area contributed by atoms with E-state index < -0.39 is 0 Å². The molecule has 2 aliphatic heterocycles. The number of nitrogens with zero attached hydrogens (tertiary/aromatic N) is 8. The molecular weight excluding hydrogens is 723 g/mol. The summed E-state index contributed by atoms with van der Waals surface area (Å²) in [5.74, 6) is 1.58. The van der Waals surface area contributed by atoms with Crippen molar-refractivity contribution in [3.05, 3.63) is 126 Å². The first-order valence-corrected chi connectivity index (χ1v) is 19.8. The Morgan fingerprint density at radius 1 is 0.556 bits per heavy atom. The molecule has 0 N–H and O–H groups in total. The van der Waals surface area contributed by atoms with Gasteiger partial charge < -0.3 is 14.5 Å². The van der Waals surface area contributed by atoms with Gasteiger partial charge in [-0.1, -0.05) is 66.7 Å². The van der Waals surface area contributed by atoms with Crippen LogP contribution < -0.4 is 14.5 Å². The van der Waals surface area contributed by atoms with Gasteiger partial charge in [0.15, 0.2) is 11.6 Å². The normalized spacial score (nSPS) is 15.2. The van der Waals surface area contributed by atoms with Crippen LogP contribution in [0.5, 0.6) is 5.75 Å². The molecule has 0 amide bonds. The minimum atomic E-state index is -0.265. The van der Waals surface area contributed by atoms with Crippen molar-refractivity contribution in [3.8, 4) is 28.5 Å². The maximum atomic E-state index is 13.4. The van der Waals surface area contributed by atoms with E-state index in [-0.39, 0.29) is 11.6 Å². The molecule has 0 atom stereocenters. The van der Waals surface area contributed by atoms with E-state index in [0.29, 0.717) is 11.6 Å². The van der Waals surface area contributed by atoms with Crippen molar-refractivity contribution in [1.82, 2.24) is 28.5 Å². The molecule has 8 rings (SSSR count). The molecule has 0 aliphatic carbocycles. The lowest BCUT2D eigenvalue weighted by molar-refractivity contribution is 0.261. The molecule has 4 aromatic carbocycles. The highest BCUT2D eigenvalue weighted by molar-refractivity contribution is 7.10. The van der Waals surface area contributed by atoms with E-state index in [1.165, 1.54) is 58.5 Å². The molecular formula is C41H44F2N8OS2. The lowest BCUT2D eigenvalue weighted by atomic mass is 10.1. The van der Waals surface area contributed by atoms with Crippen LogP contribution in [0.3, 0.4) is 0 Å².